The topological polar surface area (TPSA) is 144 Å². The second-order valence-corrected chi connectivity index (χ2v) is 11.0. The van der Waals surface area contributed by atoms with Crippen molar-refractivity contribution >= 4 is 9.84 Å². The number of aromatic nitrogens is 3. The Morgan fingerprint density at radius 1 is 1.07 bits per heavy atom. The van der Waals surface area contributed by atoms with Crippen molar-refractivity contribution in [3.63, 3.8) is 0 Å². The molecule has 0 spiro atoms. The van der Waals surface area contributed by atoms with Crippen molar-refractivity contribution in [3.05, 3.63) is 100 Å². The van der Waals surface area contributed by atoms with Gasteiger partial charge in [0.1, 0.15) is 12.4 Å². The van der Waals surface area contributed by atoms with Crippen LogP contribution >= 0.6 is 0 Å². The van der Waals surface area contributed by atoms with E-state index in [1.165, 1.54) is 48.3 Å². The fourth-order valence-corrected chi connectivity index (χ4v) is 5.61. The Morgan fingerprint density at radius 2 is 1.77 bits per heavy atom. The first-order valence-electron chi connectivity index (χ1n) is 12.4. The molecule has 0 aliphatic rings. The van der Waals surface area contributed by atoms with Gasteiger partial charge >= 0.3 is 0 Å². The van der Waals surface area contributed by atoms with E-state index in [-0.39, 0.29) is 30.0 Å². The number of nitriles is 1. The summed E-state index contributed by atoms with van der Waals surface area (Å²) in [6.45, 7) is 3.52. The second-order valence-electron chi connectivity index (χ2n) is 9.16. The molecule has 0 amide bonds. The molecule has 1 atom stereocenters. The molecule has 0 radical (unpaired) electrons. The number of aromatic hydroxyl groups is 1. The van der Waals surface area contributed by atoms with Crippen LogP contribution in [0.4, 0.5) is 0 Å². The first kappa shape index (κ1) is 28.6. The minimum absolute atomic E-state index is 0.0528. The molecule has 0 saturated carbocycles. The number of benzene rings is 2. The van der Waals surface area contributed by atoms with Crippen molar-refractivity contribution in [1.82, 2.24) is 14.5 Å². The standard InChI is InChI=1S/C29H28N4O6S/c1-19(2)39-18-26-32-28(34)27(29(35)33(26)25(17-38-3)21-7-5-4-6-8-21)40(36,37)23-11-9-20(10-12-23)24-16-31-14-13-22(24)15-30/h4-14,16,19,25,35H,17-18H2,1-3H3/t25-/m0/s1. The molecule has 11 heteroatoms. The maximum Gasteiger partial charge on any atom is 0.296 e. The van der Waals surface area contributed by atoms with E-state index in [9.17, 15) is 23.6 Å². The van der Waals surface area contributed by atoms with Crippen molar-refractivity contribution in [2.24, 2.45) is 0 Å². The van der Waals surface area contributed by atoms with Gasteiger partial charge in [-0.05, 0) is 43.2 Å². The lowest BCUT2D eigenvalue weighted by Crippen LogP contribution is -2.29. The highest BCUT2D eigenvalue weighted by molar-refractivity contribution is 7.91. The molecule has 206 valence electrons. The van der Waals surface area contributed by atoms with E-state index in [4.69, 9.17) is 9.47 Å². The lowest BCUT2D eigenvalue weighted by atomic mass is 10.0. The molecule has 4 aromatic rings. The van der Waals surface area contributed by atoms with Gasteiger partial charge in [0.25, 0.3) is 5.56 Å². The molecular formula is C29H28N4O6S. The van der Waals surface area contributed by atoms with Crippen LogP contribution in [-0.2, 0) is 25.9 Å². The van der Waals surface area contributed by atoms with Gasteiger partial charge in [-0.3, -0.25) is 14.3 Å². The van der Waals surface area contributed by atoms with Crippen LogP contribution in [0, 0.1) is 11.3 Å². The molecule has 40 heavy (non-hydrogen) atoms. The molecule has 2 heterocycles. The van der Waals surface area contributed by atoms with E-state index in [0.29, 0.717) is 22.3 Å². The molecule has 1 N–H and O–H groups in total. The van der Waals surface area contributed by atoms with Gasteiger partial charge in [0, 0.05) is 25.1 Å². The van der Waals surface area contributed by atoms with Crippen molar-refractivity contribution in [3.8, 4) is 23.1 Å². The number of pyridine rings is 1. The van der Waals surface area contributed by atoms with Crippen molar-refractivity contribution in [1.29, 1.82) is 5.26 Å². The van der Waals surface area contributed by atoms with E-state index in [1.807, 2.05) is 6.07 Å². The zero-order valence-electron chi connectivity index (χ0n) is 22.2. The fourth-order valence-electron chi connectivity index (χ4n) is 4.26. The molecular weight excluding hydrogens is 532 g/mol. The lowest BCUT2D eigenvalue weighted by Gasteiger charge is -2.25. The normalized spacial score (nSPS) is 12.3. The SMILES string of the molecule is COC[C@@H](c1ccccc1)n1c(COC(C)C)nc(=O)c(S(=O)(=O)c2ccc(-c3cnccc3C#N)cc2)c1O. The quantitative estimate of drug-likeness (QED) is 0.305. The third-order valence-corrected chi connectivity index (χ3v) is 7.97. The third kappa shape index (κ3) is 5.79. The molecule has 2 aromatic carbocycles. The summed E-state index contributed by atoms with van der Waals surface area (Å²) in [5, 5.41) is 20.9. The molecule has 2 aromatic heterocycles. The van der Waals surface area contributed by atoms with E-state index in [0.717, 1.165) is 0 Å². The van der Waals surface area contributed by atoms with Gasteiger partial charge in [0.15, 0.2) is 4.90 Å². The Bertz CT molecular complexity index is 1700. The predicted octanol–water partition coefficient (Wildman–Crippen LogP) is 3.88. The highest BCUT2D eigenvalue weighted by Crippen LogP contribution is 2.33. The van der Waals surface area contributed by atoms with Crippen LogP contribution < -0.4 is 5.56 Å². The van der Waals surface area contributed by atoms with Crippen LogP contribution in [0.15, 0.2) is 87.6 Å². The van der Waals surface area contributed by atoms with Gasteiger partial charge in [0.05, 0.1) is 35.3 Å². The summed E-state index contributed by atoms with van der Waals surface area (Å²) in [4.78, 5) is 20.2. The first-order valence-corrected chi connectivity index (χ1v) is 13.9. The van der Waals surface area contributed by atoms with Gasteiger partial charge < -0.3 is 14.6 Å². The Hall–Kier alpha value is -4.37. The van der Waals surface area contributed by atoms with Crippen molar-refractivity contribution in [2.75, 3.05) is 13.7 Å². The number of methoxy groups -OCH3 is 1. The van der Waals surface area contributed by atoms with Crippen LogP contribution in [0.5, 0.6) is 5.88 Å². The van der Waals surface area contributed by atoms with E-state index >= 15 is 0 Å². The van der Waals surface area contributed by atoms with Crippen LogP contribution in [0.25, 0.3) is 11.1 Å². The van der Waals surface area contributed by atoms with Crippen molar-refractivity contribution in [2.45, 2.75) is 42.4 Å². The Labute approximate surface area is 232 Å². The first-order chi connectivity index (χ1) is 19.2. The van der Waals surface area contributed by atoms with Crippen LogP contribution in [-0.4, -0.2) is 47.9 Å². The molecule has 0 saturated heterocycles. The lowest BCUT2D eigenvalue weighted by molar-refractivity contribution is 0.0554. The summed E-state index contributed by atoms with van der Waals surface area (Å²) in [6, 6.07) is 17.6. The van der Waals surface area contributed by atoms with Gasteiger partial charge in [-0.25, -0.2) is 8.42 Å². The Balaban J connectivity index is 1.88. The van der Waals surface area contributed by atoms with Gasteiger partial charge in [-0.2, -0.15) is 10.2 Å². The third-order valence-electron chi connectivity index (χ3n) is 6.19. The largest absolute Gasteiger partial charge is 0.493 e. The predicted molar refractivity (Wildman–Crippen MR) is 146 cm³/mol. The molecule has 0 bridgehead atoms. The average molecular weight is 561 g/mol. The summed E-state index contributed by atoms with van der Waals surface area (Å²) >= 11 is 0. The summed E-state index contributed by atoms with van der Waals surface area (Å²) < 4.78 is 39.9. The van der Waals surface area contributed by atoms with Gasteiger partial charge in [-0.1, -0.05) is 42.5 Å². The number of ether oxygens (including phenoxy) is 2. The summed E-state index contributed by atoms with van der Waals surface area (Å²) in [6.07, 6.45) is 2.78. The van der Waals surface area contributed by atoms with Crippen LogP contribution in [0.3, 0.4) is 0 Å². The fraction of sp³-hybridized carbons (Fsp3) is 0.241. The van der Waals surface area contributed by atoms with Crippen molar-refractivity contribution < 1.29 is 23.0 Å². The summed E-state index contributed by atoms with van der Waals surface area (Å²) in [5.41, 5.74) is 1.06. The van der Waals surface area contributed by atoms with Gasteiger partial charge in [-0.15, -0.1) is 0 Å². The van der Waals surface area contributed by atoms with E-state index < -0.39 is 32.2 Å². The number of sulfone groups is 1. The Morgan fingerprint density at radius 3 is 2.40 bits per heavy atom. The minimum atomic E-state index is -4.52. The van der Waals surface area contributed by atoms with E-state index in [2.05, 4.69) is 16.0 Å². The van der Waals surface area contributed by atoms with E-state index in [1.54, 1.807) is 44.2 Å². The maximum atomic E-state index is 13.8. The number of hydrogen-bond donors (Lipinski definition) is 1. The monoisotopic (exact) mass is 560 g/mol. The molecule has 4 rings (SSSR count). The summed E-state index contributed by atoms with van der Waals surface area (Å²) in [7, 11) is -3.05. The molecule has 0 fully saturated rings. The number of rotatable bonds is 10. The number of nitrogens with zero attached hydrogens (tertiary/aromatic N) is 4. The highest BCUT2D eigenvalue weighted by atomic mass is 32.2. The maximum absolute atomic E-state index is 13.8. The smallest absolute Gasteiger partial charge is 0.296 e. The minimum Gasteiger partial charge on any atom is -0.493 e. The average Bonchev–Trinajstić information content (AvgIpc) is 2.95. The van der Waals surface area contributed by atoms with Gasteiger partial charge in [0.2, 0.25) is 15.7 Å². The van der Waals surface area contributed by atoms with Crippen LogP contribution in [0.2, 0.25) is 0 Å². The zero-order valence-corrected chi connectivity index (χ0v) is 23.0. The molecule has 0 unspecified atom stereocenters. The zero-order chi connectivity index (χ0) is 28.9. The highest BCUT2D eigenvalue weighted by Gasteiger charge is 2.32. The molecule has 0 aliphatic carbocycles. The Kier molecular flexibility index (Phi) is 8.74. The van der Waals surface area contributed by atoms with Crippen LogP contribution in [0.1, 0.15) is 36.8 Å². The number of hydrogen-bond acceptors (Lipinski definition) is 9. The summed E-state index contributed by atoms with van der Waals surface area (Å²) in [5.74, 6) is -0.714. The molecule has 10 nitrogen and oxygen atoms in total. The second kappa shape index (κ2) is 12.2. The molecule has 0 aliphatic heterocycles.